The molecule has 98 valence electrons. The number of amides is 1. The van der Waals surface area contributed by atoms with Crippen molar-refractivity contribution in [2.45, 2.75) is 18.9 Å². The molecule has 17 heavy (non-hydrogen) atoms. The quantitative estimate of drug-likeness (QED) is 0.618. The molecule has 0 aromatic heterocycles. The van der Waals surface area contributed by atoms with E-state index < -0.39 is 0 Å². The zero-order valence-electron chi connectivity index (χ0n) is 11.1. The van der Waals surface area contributed by atoms with E-state index in [1.807, 2.05) is 4.90 Å². The molecule has 0 aromatic rings. The minimum atomic E-state index is 0.131. The summed E-state index contributed by atoms with van der Waals surface area (Å²) in [6.45, 7) is 2.32. The van der Waals surface area contributed by atoms with Gasteiger partial charge in [-0.3, -0.25) is 9.69 Å². The lowest BCUT2D eigenvalue weighted by Gasteiger charge is -2.35. The standard InChI is InChI=1S/C12H23N3O2/c1-13(2)11-4-6-15(7-5-11)12(17)10-14(3)8-9-16/h9,11H,4-8,10H2,1-3H3. The average Bonchev–Trinajstić information content (AvgIpc) is 2.29. The van der Waals surface area contributed by atoms with Gasteiger partial charge in [-0.25, -0.2) is 0 Å². The predicted molar refractivity (Wildman–Crippen MR) is 66.9 cm³/mol. The normalized spacial score (nSPS) is 17.8. The monoisotopic (exact) mass is 241 g/mol. The van der Waals surface area contributed by atoms with Crippen molar-refractivity contribution in [2.24, 2.45) is 0 Å². The van der Waals surface area contributed by atoms with E-state index >= 15 is 0 Å². The Morgan fingerprint density at radius 2 is 1.88 bits per heavy atom. The molecule has 0 bridgehead atoms. The van der Waals surface area contributed by atoms with Gasteiger partial charge in [0, 0.05) is 19.1 Å². The molecule has 1 saturated heterocycles. The van der Waals surface area contributed by atoms with Crippen molar-refractivity contribution in [3.05, 3.63) is 0 Å². The zero-order chi connectivity index (χ0) is 12.8. The molecule has 0 atom stereocenters. The van der Waals surface area contributed by atoms with E-state index in [0.29, 0.717) is 19.1 Å². The minimum Gasteiger partial charge on any atom is -0.341 e. The highest BCUT2D eigenvalue weighted by Gasteiger charge is 2.24. The van der Waals surface area contributed by atoms with Gasteiger partial charge < -0.3 is 14.6 Å². The summed E-state index contributed by atoms with van der Waals surface area (Å²) in [7, 11) is 5.96. The van der Waals surface area contributed by atoms with Crippen LogP contribution in [0.4, 0.5) is 0 Å². The fourth-order valence-electron chi connectivity index (χ4n) is 2.15. The maximum atomic E-state index is 11.9. The fraction of sp³-hybridized carbons (Fsp3) is 0.833. The summed E-state index contributed by atoms with van der Waals surface area (Å²) in [5, 5.41) is 0. The van der Waals surface area contributed by atoms with Crippen molar-refractivity contribution in [2.75, 3.05) is 47.3 Å². The third-order valence-electron chi connectivity index (χ3n) is 3.34. The summed E-state index contributed by atoms with van der Waals surface area (Å²) in [6, 6.07) is 0.590. The van der Waals surface area contributed by atoms with Crippen molar-refractivity contribution in [1.82, 2.24) is 14.7 Å². The van der Waals surface area contributed by atoms with E-state index in [1.165, 1.54) is 0 Å². The molecule has 0 aliphatic carbocycles. The summed E-state index contributed by atoms with van der Waals surface area (Å²) >= 11 is 0. The molecule has 0 aromatic carbocycles. The highest BCUT2D eigenvalue weighted by Crippen LogP contribution is 2.14. The number of aldehydes is 1. The van der Waals surface area contributed by atoms with Gasteiger partial charge in [0.05, 0.1) is 13.1 Å². The van der Waals surface area contributed by atoms with Crippen LogP contribution < -0.4 is 0 Å². The highest BCUT2D eigenvalue weighted by atomic mass is 16.2. The van der Waals surface area contributed by atoms with E-state index in [4.69, 9.17) is 0 Å². The zero-order valence-corrected chi connectivity index (χ0v) is 11.1. The Kier molecular flexibility index (Phi) is 5.58. The molecular weight excluding hydrogens is 218 g/mol. The van der Waals surface area contributed by atoms with Gasteiger partial charge in [-0.1, -0.05) is 0 Å². The number of nitrogens with zero attached hydrogens (tertiary/aromatic N) is 3. The molecular formula is C12H23N3O2. The SMILES string of the molecule is CN(CC=O)CC(=O)N1CCC(N(C)C)CC1. The van der Waals surface area contributed by atoms with Crippen LogP contribution in [0.25, 0.3) is 0 Å². The van der Waals surface area contributed by atoms with Gasteiger partial charge in [-0.2, -0.15) is 0 Å². The molecule has 1 aliphatic rings. The summed E-state index contributed by atoms with van der Waals surface area (Å²) in [6.07, 6.45) is 2.90. The van der Waals surface area contributed by atoms with Gasteiger partial charge in [-0.05, 0) is 34.0 Å². The van der Waals surface area contributed by atoms with Crippen molar-refractivity contribution >= 4 is 12.2 Å². The van der Waals surface area contributed by atoms with Gasteiger partial charge in [0.15, 0.2) is 0 Å². The number of carbonyl (C=O) groups excluding carboxylic acids is 2. The lowest BCUT2D eigenvalue weighted by Crippen LogP contribution is -2.47. The van der Waals surface area contributed by atoms with Gasteiger partial charge in [-0.15, -0.1) is 0 Å². The molecule has 1 rings (SSSR count). The first-order valence-electron chi connectivity index (χ1n) is 6.11. The molecule has 1 amide bonds. The summed E-state index contributed by atoms with van der Waals surface area (Å²) < 4.78 is 0. The van der Waals surface area contributed by atoms with Gasteiger partial charge >= 0.3 is 0 Å². The molecule has 5 nitrogen and oxygen atoms in total. The number of hydrogen-bond donors (Lipinski definition) is 0. The van der Waals surface area contributed by atoms with E-state index in [-0.39, 0.29) is 5.91 Å². The number of carbonyl (C=O) groups is 2. The van der Waals surface area contributed by atoms with Crippen LogP contribution >= 0.6 is 0 Å². The van der Waals surface area contributed by atoms with Crippen LogP contribution in [0.2, 0.25) is 0 Å². The van der Waals surface area contributed by atoms with Crippen molar-refractivity contribution in [3.63, 3.8) is 0 Å². The maximum Gasteiger partial charge on any atom is 0.236 e. The fourth-order valence-corrected chi connectivity index (χ4v) is 2.15. The molecule has 0 spiro atoms. The van der Waals surface area contributed by atoms with Crippen LogP contribution in [0.15, 0.2) is 0 Å². The number of rotatable bonds is 5. The Labute approximate surface area is 103 Å². The lowest BCUT2D eigenvalue weighted by molar-refractivity contribution is -0.133. The molecule has 0 saturated carbocycles. The predicted octanol–water partition coefficient (Wildman–Crippen LogP) is -0.330. The Balaban J connectivity index is 2.33. The van der Waals surface area contributed by atoms with Gasteiger partial charge in [0.2, 0.25) is 5.91 Å². The number of likely N-dealkylation sites (tertiary alicyclic amines) is 1. The summed E-state index contributed by atoms with van der Waals surface area (Å²) in [5.41, 5.74) is 0. The number of hydrogen-bond acceptors (Lipinski definition) is 4. The summed E-state index contributed by atoms with van der Waals surface area (Å²) in [5.74, 6) is 0.131. The minimum absolute atomic E-state index is 0.131. The molecule has 0 radical (unpaired) electrons. The first-order chi connectivity index (χ1) is 8.04. The number of piperidine rings is 1. The Morgan fingerprint density at radius 3 is 2.35 bits per heavy atom. The molecule has 1 aliphatic heterocycles. The molecule has 5 heteroatoms. The van der Waals surface area contributed by atoms with Crippen LogP contribution in [-0.2, 0) is 9.59 Å². The van der Waals surface area contributed by atoms with E-state index in [1.54, 1.807) is 11.9 Å². The number of likely N-dealkylation sites (N-methyl/N-ethyl adjacent to an activating group) is 1. The Bertz CT molecular complexity index is 260. The van der Waals surface area contributed by atoms with Crippen molar-refractivity contribution < 1.29 is 9.59 Å². The first kappa shape index (κ1) is 14.1. The topological polar surface area (TPSA) is 43.9 Å². The highest BCUT2D eigenvalue weighted by molar-refractivity contribution is 5.78. The van der Waals surface area contributed by atoms with Crippen LogP contribution in [0.3, 0.4) is 0 Å². The second-order valence-electron chi connectivity index (χ2n) is 4.94. The second-order valence-corrected chi connectivity index (χ2v) is 4.94. The molecule has 0 N–H and O–H groups in total. The van der Waals surface area contributed by atoms with Crippen LogP contribution in [0.1, 0.15) is 12.8 Å². The Hall–Kier alpha value is -0.940. The van der Waals surface area contributed by atoms with E-state index in [2.05, 4.69) is 19.0 Å². The second kappa shape index (κ2) is 6.71. The van der Waals surface area contributed by atoms with Gasteiger partial charge in [0.25, 0.3) is 0 Å². The van der Waals surface area contributed by atoms with Crippen LogP contribution in [-0.4, -0.2) is 80.3 Å². The largest absolute Gasteiger partial charge is 0.341 e. The first-order valence-corrected chi connectivity index (χ1v) is 6.11. The molecule has 1 heterocycles. The van der Waals surface area contributed by atoms with E-state index in [0.717, 1.165) is 32.2 Å². The van der Waals surface area contributed by atoms with Crippen LogP contribution in [0, 0.1) is 0 Å². The molecule has 0 unspecified atom stereocenters. The maximum absolute atomic E-state index is 11.9. The summed E-state index contributed by atoms with van der Waals surface area (Å²) in [4.78, 5) is 28.1. The Morgan fingerprint density at radius 1 is 1.29 bits per heavy atom. The van der Waals surface area contributed by atoms with Crippen molar-refractivity contribution in [3.8, 4) is 0 Å². The third kappa shape index (κ3) is 4.44. The van der Waals surface area contributed by atoms with E-state index in [9.17, 15) is 9.59 Å². The average molecular weight is 241 g/mol. The molecule has 1 fully saturated rings. The smallest absolute Gasteiger partial charge is 0.236 e. The van der Waals surface area contributed by atoms with Crippen molar-refractivity contribution in [1.29, 1.82) is 0 Å². The van der Waals surface area contributed by atoms with Crippen LogP contribution in [0.5, 0.6) is 0 Å². The van der Waals surface area contributed by atoms with Gasteiger partial charge in [0.1, 0.15) is 6.29 Å². The third-order valence-corrected chi connectivity index (χ3v) is 3.34. The lowest BCUT2D eigenvalue weighted by atomic mass is 10.0.